The van der Waals surface area contributed by atoms with Gasteiger partial charge in [0.25, 0.3) is 21.8 Å². The van der Waals surface area contributed by atoms with Crippen molar-refractivity contribution in [3.8, 4) is 11.5 Å². The molecule has 0 saturated carbocycles. The van der Waals surface area contributed by atoms with E-state index in [2.05, 4.69) is 20.6 Å². The Hall–Kier alpha value is -3.60. The highest BCUT2D eigenvalue weighted by Gasteiger charge is 2.31. The number of ether oxygens (including phenoxy) is 2. The fourth-order valence-corrected chi connectivity index (χ4v) is 4.05. The van der Waals surface area contributed by atoms with E-state index in [0.717, 1.165) is 0 Å². The first-order valence-electron chi connectivity index (χ1n) is 8.55. The van der Waals surface area contributed by atoms with Crippen LogP contribution in [0, 0.1) is 0 Å². The number of carbonyl (C=O) groups is 2. The van der Waals surface area contributed by atoms with E-state index < -0.39 is 27.9 Å². The first-order valence-corrected chi connectivity index (χ1v) is 10.0. The molecule has 2 amide bonds. The molecule has 3 N–H and O–H groups in total. The van der Waals surface area contributed by atoms with E-state index in [0.29, 0.717) is 17.1 Å². The molecule has 0 aliphatic carbocycles. The van der Waals surface area contributed by atoms with Gasteiger partial charge in [-0.1, -0.05) is 12.1 Å². The average molecular weight is 416 g/mol. The Labute approximate surface area is 165 Å². The van der Waals surface area contributed by atoms with E-state index >= 15 is 0 Å². The van der Waals surface area contributed by atoms with Crippen molar-refractivity contribution in [3.05, 3.63) is 53.6 Å². The fraction of sp³-hybridized carbons (Fsp3) is 0.167. The molecule has 2 aliphatic rings. The summed E-state index contributed by atoms with van der Waals surface area (Å²) in [5.74, 6) is -0.116. The zero-order chi connectivity index (χ0) is 20.6. The molecule has 11 heteroatoms. The molecular weight excluding hydrogens is 400 g/mol. The first kappa shape index (κ1) is 18.7. The second-order valence-corrected chi connectivity index (χ2v) is 7.92. The van der Waals surface area contributed by atoms with Gasteiger partial charge in [0.1, 0.15) is 11.9 Å². The van der Waals surface area contributed by atoms with Crippen molar-refractivity contribution in [2.75, 3.05) is 6.79 Å². The number of amides is 2. The molecule has 0 saturated heterocycles. The predicted molar refractivity (Wildman–Crippen MR) is 101 cm³/mol. The Bertz CT molecular complexity index is 1140. The van der Waals surface area contributed by atoms with Crippen LogP contribution in [0.15, 0.2) is 52.4 Å². The van der Waals surface area contributed by atoms with Crippen LogP contribution in [0.4, 0.5) is 0 Å². The number of benzene rings is 2. The number of sulfonamides is 1. The lowest BCUT2D eigenvalue weighted by Gasteiger charge is -2.11. The maximum Gasteiger partial charge on any atom is 0.269 e. The third-order valence-corrected chi connectivity index (χ3v) is 5.70. The highest BCUT2D eigenvalue weighted by molar-refractivity contribution is 7.90. The van der Waals surface area contributed by atoms with Crippen LogP contribution in [0.5, 0.6) is 11.5 Å². The zero-order valence-electron chi connectivity index (χ0n) is 15.1. The monoisotopic (exact) mass is 416 g/mol. The second-order valence-electron chi connectivity index (χ2n) is 6.27. The number of amidine groups is 1. The molecule has 4 rings (SSSR count). The van der Waals surface area contributed by atoms with Gasteiger partial charge in [0, 0.05) is 11.1 Å². The Morgan fingerprint density at radius 1 is 1.10 bits per heavy atom. The van der Waals surface area contributed by atoms with Crippen molar-refractivity contribution in [1.29, 1.82) is 0 Å². The van der Waals surface area contributed by atoms with E-state index in [-0.39, 0.29) is 23.1 Å². The molecule has 0 radical (unpaired) electrons. The third-order valence-electron chi connectivity index (χ3n) is 4.30. The number of hydrogen-bond donors (Lipinski definition) is 3. The van der Waals surface area contributed by atoms with Crippen molar-refractivity contribution in [2.45, 2.75) is 17.9 Å². The summed E-state index contributed by atoms with van der Waals surface area (Å²) in [5, 5.41) is 0. The summed E-state index contributed by atoms with van der Waals surface area (Å²) in [6.07, 6.45) is 0. The molecule has 29 heavy (non-hydrogen) atoms. The zero-order valence-corrected chi connectivity index (χ0v) is 15.9. The molecule has 0 bridgehead atoms. The SMILES string of the molecule is C[C@H](N=C1NS(=O)(=O)c2ccccc21)C(=O)NNC(=O)c1ccc2c(c1)OCO2. The van der Waals surface area contributed by atoms with Gasteiger partial charge >= 0.3 is 0 Å². The Kier molecular flexibility index (Phi) is 4.59. The van der Waals surface area contributed by atoms with Crippen LogP contribution in [-0.4, -0.2) is 38.9 Å². The number of carbonyl (C=O) groups excluding carboxylic acids is 2. The Morgan fingerprint density at radius 3 is 2.69 bits per heavy atom. The Balaban J connectivity index is 1.42. The van der Waals surface area contributed by atoms with Gasteiger partial charge in [0.2, 0.25) is 6.79 Å². The van der Waals surface area contributed by atoms with Gasteiger partial charge in [-0.25, -0.2) is 8.42 Å². The quantitative estimate of drug-likeness (QED) is 0.616. The minimum absolute atomic E-state index is 0.0744. The summed E-state index contributed by atoms with van der Waals surface area (Å²) < 4.78 is 36.9. The minimum Gasteiger partial charge on any atom is -0.454 e. The van der Waals surface area contributed by atoms with Crippen LogP contribution >= 0.6 is 0 Å². The highest BCUT2D eigenvalue weighted by Crippen LogP contribution is 2.32. The predicted octanol–water partition coefficient (Wildman–Crippen LogP) is 0.303. The number of hydrogen-bond acceptors (Lipinski definition) is 7. The largest absolute Gasteiger partial charge is 0.454 e. The highest BCUT2D eigenvalue weighted by atomic mass is 32.2. The number of hydrazine groups is 1. The van der Waals surface area contributed by atoms with Crippen molar-refractivity contribution in [1.82, 2.24) is 15.6 Å². The van der Waals surface area contributed by atoms with Crippen LogP contribution < -0.4 is 25.0 Å². The van der Waals surface area contributed by atoms with Gasteiger partial charge in [-0.05, 0) is 37.3 Å². The maximum atomic E-state index is 12.3. The molecule has 2 aromatic carbocycles. The van der Waals surface area contributed by atoms with E-state index in [1.165, 1.54) is 25.1 Å². The summed E-state index contributed by atoms with van der Waals surface area (Å²) in [6.45, 7) is 1.56. The number of rotatable bonds is 3. The molecule has 150 valence electrons. The average Bonchev–Trinajstić information content (AvgIpc) is 3.27. The van der Waals surface area contributed by atoms with Gasteiger partial charge in [-0.15, -0.1) is 0 Å². The molecular formula is C18H16N4O6S. The van der Waals surface area contributed by atoms with Gasteiger partial charge in [0.05, 0.1) is 4.90 Å². The summed E-state index contributed by atoms with van der Waals surface area (Å²) >= 11 is 0. The van der Waals surface area contributed by atoms with Crippen LogP contribution in [0.25, 0.3) is 0 Å². The summed E-state index contributed by atoms with van der Waals surface area (Å²) in [4.78, 5) is 28.7. The van der Waals surface area contributed by atoms with E-state index in [9.17, 15) is 18.0 Å². The van der Waals surface area contributed by atoms with Crippen LogP contribution in [0.1, 0.15) is 22.8 Å². The van der Waals surface area contributed by atoms with Crippen molar-refractivity contribution in [2.24, 2.45) is 4.99 Å². The van der Waals surface area contributed by atoms with Crippen LogP contribution in [-0.2, 0) is 14.8 Å². The third kappa shape index (κ3) is 3.59. The molecule has 0 unspecified atom stereocenters. The van der Waals surface area contributed by atoms with Crippen molar-refractivity contribution >= 4 is 27.7 Å². The van der Waals surface area contributed by atoms with Crippen molar-refractivity contribution < 1.29 is 27.5 Å². The standard InChI is InChI=1S/C18H16N4O6S/c1-10(19-16-12-4-2-3-5-15(12)29(25,26)22-16)17(23)20-21-18(24)11-6-7-13-14(8-11)28-9-27-13/h2-8,10H,9H2,1H3,(H,19,22)(H,20,23)(H,21,24)/t10-/m0/s1. The molecule has 0 fully saturated rings. The molecule has 10 nitrogen and oxygen atoms in total. The number of nitrogens with one attached hydrogen (secondary N) is 3. The molecule has 0 aromatic heterocycles. The molecule has 2 aromatic rings. The lowest BCUT2D eigenvalue weighted by atomic mass is 10.2. The smallest absolute Gasteiger partial charge is 0.269 e. The molecule has 2 heterocycles. The van der Waals surface area contributed by atoms with Gasteiger partial charge < -0.3 is 9.47 Å². The molecule has 0 spiro atoms. The van der Waals surface area contributed by atoms with E-state index in [1.54, 1.807) is 24.3 Å². The Morgan fingerprint density at radius 2 is 1.86 bits per heavy atom. The number of nitrogens with zero attached hydrogens (tertiary/aromatic N) is 1. The number of fused-ring (bicyclic) bond motifs is 2. The topological polar surface area (TPSA) is 135 Å². The van der Waals surface area contributed by atoms with Gasteiger partial charge in [-0.3, -0.25) is 30.2 Å². The van der Waals surface area contributed by atoms with Crippen LogP contribution in [0.2, 0.25) is 0 Å². The normalized spacial score (nSPS) is 17.9. The second kappa shape index (κ2) is 7.09. The lowest BCUT2D eigenvalue weighted by molar-refractivity contribution is -0.122. The van der Waals surface area contributed by atoms with Gasteiger partial charge in [0.15, 0.2) is 11.5 Å². The minimum atomic E-state index is -3.70. The summed E-state index contributed by atoms with van der Waals surface area (Å²) in [7, 11) is -3.70. The van der Waals surface area contributed by atoms with Crippen LogP contribution in [0.3, 0.4) is 0 Å². The first-order chi connectivity index (χ1) is 13.8. The van der Waals surface area contributed by atoms with Gasteiger partial charge in [-0.2, -0.15) is 0 Å². The number of aliphatic imine (C=N–C) groups is 1. The molecule has 2 aliphatic heterocycles. The van der Waals surface area contributed by atoms with E-state index in [1.807, 2.05) is 0 Å². The fourth-order valence-electron chi connectivity index (χ4n) is 2.81. The summed E-state index contributed by atoms with van der Waals surface area (Å²) in [5.41, 5.74) is 5.22. The van der Waals surface area contributed by atoms with Crippen molar-refractivity contribution in [3.63, 3.8) is 0 Å². The summed E-state index contributed by atoms with van der Waals surface area (Å²) in [6, 6.07) is 9.98. The molecule has 1 atom stereocenters. The van der Waals surface area contributed by atoms with E-state index in [4.69, 9.17) is 9.47 Å². The lowest BCUT2D eigenvalue weighted by Crippen LogP contribution is -2.45. The maximum absolute atomic E-state index is 12.3.